The van der Waals surface area contributed by atoms with Gasteiger partial charge in [0, 0.05) is 24.0 Å². The summed E-state index contributed by atoms with van der Waals surface area (Å²) in [4.78, 5) is 14.4. The fourth-order valence-electron chi connectivity index (χ4n) is 2.37. The van der Waals surface area contributed by atoms with Gasteiger partial charge in [0.05, 0.1) is 0 Å². The lowest BCUT2D eigenvalue weighted by Crippen LogP contribution is -2.41. The van der Waals surface area contributed by atoms with Gasteiger partial charge >= 0.3 is 0 Å². The first-order chi connectivity index (χ1) is 8.63. The third-order valence-electron chi connectivity index (χ3n) is 3.78. The van der Waals surface area contributed by atoms with Gasteiger partial charge in [-0.1, -0.05) is 48.0 Å². The molecule has 2 nitrogen and oxygen atoms in total. The molecule has 1 heterocycles. The van der Waals surface area contributed by atoms with Crippen LogP contribution in [0.15, 0.2) is 24.3 Å². The zero-order chi connectivity index (χ0) is 13.1. The number of fused-ring (bicyclic) bond motifs is 1. The Hall–Kier alpha value is -0.830. The molecule has 0 fully saturated rings. The van der Waals surface area contributed by atoms with Gasteiger partial charge in [0.15, 0.2) is 0 Å². The van der Waals surface area contributed by atoms with E-state index in [1.54, 1.807) is 0 Å². The number of carbonyl (C=O) groups excluding carboxylic acids is 1. The highest BCUT2D eigenvalue weighted by Crippen LogP contribution is 2.22. The summed E-state index contributed by atoms with van der Waals surface area (Å²) >= 11 is 3.56. The minimum atomic E-state index is 0.198. The number of rotatable bonds is 4. The standard InChI is InChI=1S/C15H20BrNO/c1-11(2)13(9-16)10-17-8-7-12-5-3-4-6-14(12)15(17)18/h3-6,11,13H,7-10H2,1-2H3. The van der Waals surface area contributed by atoms with Crippen molar-refractivity contribution in [2.45, 2.75) is 20.3 Å². The number of halogens is 1. The Bertz CT molecular complexity index is 430. The Morgan fingerprint density at radius 1 is 1.33 bits per heavy atom. The van der Waals surface area contributed by atoms with E-state index in [4.69, 9.17) is 0 Å². The Morgan fingerprint density at radius 2 is 2.06 bits per heavy atom. The van der Waals surface area contributed by atoms with Gasteiger partial charge in [-0.25, -0.2) is 0 Å². The smallest absolute Gasteiger partial charge is 0.254 e. The summed E-state index contributed by atoms with van der Waals surface area (Å²) in [7, 11) is 0. The van der Waals surface area contributed by atoms with E-state index in [0.29, 0.717) is 11.8 Å². The quantitative estimate of drug-likeness (QED) is 0.781. The molecule has 1 aromatic carbocycles. The highest BCUT2D eigenvalue weighted by molar-refractivity contribution is 9.09. The number of nitrogens with zero attached hydrogens (tertiary/aromatic N) is 1. The Balaban J connectivity index is 2.12. The molecule has 2 rings (SSSR count). The topological polar surface area (TPSA) is 20.3 Å². The summed E-state index contributed by atoms with van der Waals surface area (Å²) in [5, 5.41) is 0.954. The molecule has 0 N–H and O–H groups in total. The van der Waals surface area contributed by atoms with Crippen LogP contribution in [0.1, 0.15) is 29.8 Å². The average molecular weight is 310 g/mol. The summed E-state index contributed by atoms with van der Waals surface area (Å²) in [6, 6.07) is 7.97. The fraction of sp³-hybridized carbons (Fsp3) is 0.533. The third kappa shape index (κ3) is 2.77. The molecule has 1 aliphatic rings. The number of benzene rings is 1. The monoisotopic (exact) mass is 309 g/mol. The highest BCUT2D eigenvalue weighted by Gasteiger charge is 2.26. The Labute approximate surface area is 117 Å². The van der Waals surface area contributed by atoms with E-state index in [0.717, 1.165) is 30.4 Å². The van der Waals surface area contributed by atoms with Gasteiger partial charge in [-0.2, -0.15) is 0 Å². The molecular weight excluding hydrogens is 290 g/mol. The minimum Gasteiger partial charge on any atom is -0.338 e. The molecule has 18 heavy (non-hydrogen) atoms. The van der Waals surface area contributed by atoms with Crippen molar-refractivity contribution in [3.8, 4) is 0 Å². The molecule has 0 radical (unpaired) electrons. The van der Waals surface area contributed by atoms with E-state index >= 15 is 0 Å². The van der Waals surface area contributed by atoms with Crippen molar-refractivity contribution in [3.05, 3.63) is 35.4 Å². The third-order valence-corrected chi connectivity index (χ3v) is 4.61. The molecule has 98 valence electrons. The molecule has 1 atom stereocenters. The minimum absolute atomic E-state index is 0.198. The molecule has 0 aliphatic carbocycles. The highest BCUT2D eigenvalue weighted by atomic mass is 79.9. The van der Waals surface area contributed by atoms with E-state index < -0.39 is 0 Å². The number of alkyl halides is 1. The van der Waals surface area contributed by atoms with Crippen molar-refractivity contribution < 1.29 is 4.79 Å². The lowest BCUT2D eigenvalue weighted by atomic mass is 9.94. The molecule has 1 amide bonds. The van der Waals surface area contributed by atoms with E-state index in [9.17, 15) is 4.79 Å². The maximum atomic E-state index is 12.4. The number of hydrogen-bond donors (Lipinski definition) is 0. The van der Waals surface area contributed by atoms with Crippen LogP contribution in [0.4, 0.5) is 0 Å². The number of amides is 1. The molecule has 0 bridgehead atoms. The van der Waals surface area contributed by atoms with Crippen LogP contribution in [0.5, 0.6) is 0 Å². The number of carbonyl (C=O) groups is 1. The van der Waals surface area contributed by atoms with E-state index in [1.807, 2.05) is 23.1 Å². The van der Waals surface area contributed by atoms with Crippen LogP contribution in [0.25, 0.3) is 0 Å². The fourth-order valence-corrected chi connectivity index (χ4v) is 3.32. The predicted octanol–water partition coefficient (Wildman–Crippen LogP) is 3.35. The van der Waals surface area contributed by atoms with Crippen LogP contribution < -0.4 is 0 Å². The average Bonchev–Trinajstić information content (AvgIpc) is 2.38. The van der Waals surface area contributed by atoms with Crippen molar-refractivity contribution in [2.75, 3.05) is 18.4 Å². The molecular formula is C15H20BrNO. The maximum Gasteiger partial charge on any atom is 0.254 e. The maximum absolute atomic E-state index is 12.4. The molecule has 3 heteroatoms. The van der Waals surface area contributed by atoms with Gasteiger partial charge < -0.3 is 4.90 Å². The summed E-state index contributed by atoms with van der Waals surface area (Å²) in [6.07, 6.45) is 0.981. The van der Waals surface area contributed by atoms with Gasteiger partial charge in [0.1, 0.15) is 0 Å². The zero-order valence-electron chi connectivity index (χ0n) is 11.0. The van der Waals surface area contributed by atoms with Crippen molar-refractivity contribution in [2.24, 2.45) is 11.8 Å². The molecule has 0 aromatic heterocycles. The molecule has 1 unspecified atom stereocenters. The lowest BCUT2D eigenvalue weighted by Gasteiger charge is -2.32. The van der Waals surface area contributed by atoms with Gasteiger partial charge in [0.2, 0.25) is 0 Å². The van der Waals surface area contributed by atoms with Crippen LogP contribution in [0.2, 0.25) is 0 Å². The van der Waals surface area contributed by atoms with Crippen molar-refractivity contribution >= 4 is 21.8 Å². The molecule has 0 saturated carbocycles. The Morgan fingerprint density at radius 3 is 2.72 bits per heavy atom. The molecule has 0 saturated heterocycles. The van der Waals surface area contributed by atoms with Crippen LogP contribution >= 0.6 is 15.9 Å². The predicted molar refractivity (Wildman–Crippen MR) is 78.2 cm³/mol. The largest absolute Gasteiger partial charge is 0.338 e. The second kappa shape index (κ2) is 5.87. The second-order valence-electron chi connectivity index (χ2n) is 5.32. The zero-order valence-corrected chi connectivity index (χ0v) is 12.6. The first kappa shape index (κ1) is 13.6. The van der Waals surface area contributed by atoms with Gasteiger partial charge in [0.25, 0.3) is 5.91 Å². The second-order valence-corrected chi connectivity index (χ2v) is 5.96. The van der Waals surface area contributed by atoms with Crippen LogP contribution in [0, 0.1) is 11.8 Å². The van der Waals surface area contributed by atoms with Crippen LogP contribution in [-0.2, 0) is 6.42 Å². The van der Waals surface area contributed by atoms with E-state index in [1.165, 1.54) is 5.56 Å². The Kier molecular flexibility index (Phi) is 4.44. The van der Waals surface area contributed by atoms with Crippen LogP contribution in [0.3, 0.4) is 0 Å². The van der Waals surface area contributed by atoms with Gasteiger partial charge in [-0.05, 0) is 29.9 Å². The summed E-state index contributed by atoms with van der Waals surface area (Å²) in [6.45, 7) is 6.14. The SMILES string of the molecule is CC(C)C(CBr)CN1CCc2ccccc2C1=O. The number of hydrogen-bond acceptors (Lipinski definition) is 1. The summed E-state index contributed by atoms with van der Waals surface area (Å²) in [5.74, 6) is 1.32. The van der Waals surface area contributed by atoms with Gasteiger partial charge in [-0.3, -0.25) is 4.79 Å². The normalized spacial score (nSPS) is 16.9. The van der Waals surface area contributed by atoms with Crippen molar-refractivity contribution in [1.29, 1.82) is 0 Å². The molecule has 0 spiro atoms. The summed E-state index contributed by atoms with van der Waals surface area (Å²) in [5.41, 5.74) is 2.08. The van der Waals surface area contributed by atoms with Crippen molar-refractivity contribution in [1.82, 2.24) is 4.90 Å². The molecule has 1 aromatic rings. The van der Waals surface area contributed by atoms with Crippen molar-refractivity contribution in [3.63, 3.8) is 0 Å². The van der Waals surface area contributed by atoms with Crippen LogP contribution in [-0.4, -0.2) is 29.2 Å². The van der Waals surface area contributed by atoms with E-state index in [-0.39, 0.29) is 5.91 Å². The van der Waals surface area contributed by atoms with Gasteiger partial charge in [-0.15, -0.1) is 0 Å². The first-order valence-electron chi connectivity index (χ1n) is 6.56. The summed E-state index contributed by atoms with van der Waals surface area (Å²) < 4.78 is 0. The first-order valence-corrected chi connectivity index (χ1v) is 7.68. The van der Waals surface area contributed by atoms with E-state index in [2.05, 4.69) is 35.8 Å². The lowest BCUT2D eigenvalue weighted by molar-refractivity contribution is 0.0704. The molecule has 1 aliphatic heterocycles.